The quantitative estimate of drug-likeness (QED) is 0.894. The Morgan fingerprint density at radius 1 is 1.36 bits per heavy atom. The summed E-state index contributed by atoms with van der Waals surface area (Å²) in [6, 6.07) is 2.82. The minimum absolute atomic E-state index is 0.0981. The van der Waals surface area contributed by atoms with Gasteiger partial charge in [-0.2, -0.15) is 0 Å². The molecule has 2 saturated heterocycles. The fourth-order valence-corrected chi connectivity index (χ4v) is 6.03. The van der Waals surface area contributed by atoms with Gasteiger partial charge in [0.25, 0.3) is 0 Å². The fourth-order valence-electron chi connectivity index (χ4n) is 4.85. The maximum Gasteiger partial charge on any atom is 0.101 e. The van der Waals surface area contributed by atoms with E-state index in [1.807, 2.05) is 11.3 Å². The van der Waals surface area contributed by atoms with Crippen molar-refractivity contribution in [2.24, 2.45) is 0 Å². The predicted molar refractivity (Wildman–Crippen MR) is 100 cm³/mol. The number of hydrogen-bond acceptors (Lipinski definition) is 5. The van der Waals surface area contributed by atoms with Crippen molar-refractivity contribution >= 4 is 11.3 Å². The highest BCUT2D eigenvalue weighted by molar-refractivity contribution is 7.12. The van der Waals surface area contributed by atoms with Gasteiger partial charge in [-0.15, -0.1) is 11.3 Å². The molecule has 4 rings (SSSR count). The third-order valence-electron chi connectivity index (χ3n) is 6.26. The van der Waals surface area contributed by atoms with Gasteiger partial charge in [-0.3, -0.25) is 4.90 Å². The maximum atomic E-state index is 10.8. The van der Waals surface area contributed by atoms with Crippen LogP contribution in [0.3, 0.4) is 0 Å². The van der Waals surface area contributed by atoms with Crippen LogP contribution in [0.1, 0.15) is 54.8 Å². The van der Waals surface area contributed by atoms with Gasteiger partial charge in [0.1, 0.15) is 5.60 Å². The highest BCUT2D eigenvalue weighted by Crippen LogP contribution is 2.46. The van der Waals surface area contributed by atoms with Crippen molar-refractivity contribution in [1.82, 2.24) is 4.90 Å². The van der Waals surface area contributed by atoms with Crippen LogP contribution < -0.4 is 0 Å². The molecule has 4 heterocycles. The van der Waals surface area contributed by atoms with Crippen LogP contribution in [0, 0.1) is 0 Å². The second-order valence-corrected chi connectivity index (χ2v) is 9.37. The molecule has 0 bridgehead atoms. The van der Waals surface area contributed by atoms with Crippen molar-refractivity contribution in [1.29, 1.82) is 0 Å². The van der Waals surface area contributed by atoms with E-state index >= 15 is 0 Å². The monoisotopic (exact) mass is 365 g/mol. The van der Waals surface area contributed by atoms with Crippen LogP contribution in [-0.2, 0) is 27.9 Å². The van der Waals surface area contributed by atoms with Gasteiger partial charge in [0.05, 0.1) is 18.8 Å². The highest BCUT2D eigenvalue weighted by atomic mass is 32.1. The Bertz CT molecular complexity index is 610. The molecule has 1 aromatic heterocycles. The summed E-state index contributed by atoms with van der Waals surface area (Å²) in [7, 11) is 0. The Morgan fingerprint density at radius 2 is 2.24 bits per heavy atom. The zero-order valence-corrected chi connectivity index (χ0v) is 16.4. The number of fused-ring (bicyclic) bond motifs is 2. The van der Waals surface area contributed by atoms with E-state index in [9.17, 15) is 5.11 Å². The normalized spacial score (nSPS) is 36.5. The molecule has 2 fully saturated rings. The lowest BCUT2D eigenvalue weighted by molar-refractivity contribution is -0.139. The number of piperidine rings is 1. The van der Waals surface area contributed by atoms with Crippen molar-refractivity contribution in [3.05, 3.63) is 21.4 Å². The van der Waals surface area contributed by atoms with Gasteiger partial charge in [0.2, 0.25) is 0 Å². The third kappa shape index (κ3) is 3.42. The molecule has 1 spiro atoms. The van der Waals surface area contributed by atoms with Crippen LogP contribution in [0.4, 0.5) is 0 Å². The summed E-state index contributed by atoms with van der Waals surface area (Å²) >= 11 is 1.98. The summed E-state index contributed by atoms with van der Waals surface area (Å²) < 4.78 is 12.0. The lowest BCUT2D eigenvalue weighted by atomic mass is 9.78. The summed E-state index contributed by atoms with van der Waals surface area (Å²) in [6.45, 7) is 8.35. The van der Waals surface area contributed by atoms with Gasteiger partial charge in [-0.25, -0.2) is 0 Å². The number of aliphatic hydroxyl groups is 1. The van der Waals surface area contributed by atoms with Gasteiger partial charge in [-0.1, -0.05) is 6.92 Å². The van der Waals surface area contributed by atoms with Crippen LogP contribution in [-0.4, -0.2) is 54.6 Å². The first-order valence-electron chi connectivity index (χ1n) is 9.84. The molecule has 25 heavy (non-hydrogen) atoms. The molecule has 0 amide bonds. The number of ether oxygens (including phenoxy) is 2. The van der Waals surface area contributed by atoms with Gasteiger partial charge < -0.3 is 14.6 Å². The van der Waals surface area contributed by atoms with Crippen LogP contribution in [0.2, 0.25) is 0 Å². The van der Waals surface area contributed by atoms with E-state index in [1.54, 1.807) is 4.88 Å². The number of β-amino-alcohol motifs (C(OH)–C–C–N with tert-alkyl or cyclic N) is 1. The van der Waals surface area contributed by atoms with E-state index in [0.717, 1.165) is 64.8 Å². The molecule has 0 aromatic carbocycles. The summed E-state index contributed by atoms with van der Waals surface area (Å²) in [5.74, 6) is 0. The zero-order chi connectivity index (χ0) is 17.5. The Labute approximate surface area is 155 Å². The molecule has 2 unspecified atom stereocenters. The highest BCUT2D eigenvalue weighted by Gasteiger charge is 2.46. The number of likely N-dealkylation sites (tertiary alicyclic amines) is 1. The molecule has 3 aliphatic heterocycles. The summed E-state index contributed by atoms with van der Waals surface area (Å²) in [5.41, 5.74) is 0.693. The van der Waals surface area contributed by atoms with E-state index in [0.29, 0.717) is 12.6 Å². The summed E-state index contributed by atoms with van der Waals surface area (Å²) in [4.78, 5) is 5.48. The molecule has 1 aromatic rings. The van der Waals surface area contributed by atoms with Crippen LogP contribution in [0.25, 0.3) is 0 Å². The van der Waals surface area contributed by atoms with Gasteiger partial charge in [0, 0.05) is 41.9 Å². The molecule has 5 heteroatoms. The Kier molecular flexibility index (Phi) is 4.97. The molecule has 3 atom stereocenters. The topological polar surface area (TPSA) is 41.9 Å². The van der Waals surface area contributed by atoms with Gasteiger partial charge >= 0.3 is 0 Å². The van der Waals surface area contributed by atoms with Crippen molar-refractivity contribution in [2.75, 3.05) is 32.9 Å². The number of nitrogens with zero attached hydrogens (tertiary/aromatic N) is 1. The van der Waals surface area contributed by atoms with E-state index < -0.39 is 5.60 Å². The van der Waals surface area contributed by atoms with Crippen molar-refractivity contribution in [3.8, 4) is 0 Å². The smallest absolute Gasteiger partial charge is 0.101 e. The molecule has 3 aliphatic rings. The van der Waals surface area contributed by atoms with E-state index in [-0.39, 0.29) is 5.60 Å². The first-order valence-corrected chi connectivity index (χ1v) is 10.7. The molecule has 1 N–H and O–H groups in total. The van der Waals surface area contributed by atoms with Crippen molar-refractivity contribution in [3.63, 3.8) is 0 Å². The number of rotatable bonds is 3. The lowest BCUT2D eigenvalue weighted by Gasteiger charge is -2.49. The second kappa shape index (κ2) is 6.93. The molecule has 4 nitrogen and oxygen atoms in total. The minimum atomic E-state index is -0.673. The third-order valence-corrected chi connectivity index (χ3v) is 7.60. The van der Waals surface area contributed by atoms with Crippen LogP contribution >= 0.6 is 11.3 Å². The average molecular weight is 366 g/mol. The number of aryl methyl sites for hydroxylation is 1. The Morgan fingerprint density at radius 3 is 2.96 bits per heavy atom. The SMILES string of the molecule is CCc1cc2c(s1)CCOC21CCN(CC2(O)CCCOC2)[C@@H](C)C1. The fraction of sp³-hybridized carbons (Fsp3) is 0.800. The number of thiophene rings is 1. The van der Waals surface area contributed by atoms with Crippen LogP contribution in [0.5, 0.6) is 0 Å². The Balaban J connectivity index is 1.49. The molecule has 140 valence electrons. The van der Waals surface area contributed by atoms with Gasteiger partial charge in [-0.05, 0) is 50.7 Å². The first kappa shape index (κ1) is 17.9. The average Bonchev–Trinajstić information content (AvgIpc) is 3.03. The predicted octanol–water partition coefficient (Wildman–Crippen LogP) is 3.10. The lowest BCUT2D eigenvalue weighted by Crippen LogP contribution is -2.56. The molecular formula is C20H31NO3S. The van der Waals surface area contributed by atoms with Crippen molar-refractivity contribution < 1.29 is 14.6 Å². The van der Waals surface area contributed by atoms with Crippen molar-refractivity contribution in [2.45, 2.75) is 69.6 Å². The molecule has 0 radical (unpaired) electrons. The standard InChI is InChI=1S/C20H31NO3S/c1-3-16-11-17-18(25-16)5-10-24-20(17)7-8-21(15(2)12-20)13-19(22)6-4-9-23-14-19/h11,15,22H,3-10,12-14H2,1-2H3/t15-,19?,20?/m0/s1. The summed E-state index contributed by atoms with van der Waals surface area (Å²) in [6.07, 6.45) is 6.05. The largest absolute Gasteiger partial charge is 0.386 e. The Hall–Kier alpha value is -0.460. The molecular weight excluding hydrogens is 334 g/mol. The van der Waals surface area contributed by atoms with Gasteiger partial charge in [0.15, 0.2) is 0 Å². The zero-order valence-electron chi connectivity index (χ0n) is 15.6. The maximum absolute atomic E-state index is 10.8. The summed E-state index contributed by atoms with van der Waals surface area (Å²) in [5, 5.41) is 10.8. The van der Waals surface area contributed by atoms with E-state index in [1.165, 1.54) is 10.4 Å². The minimum Gasteiger partial charge on any atom is -0.386 e. The van der Waals surface area contributed by atoms with E-state index in [4.69, 9.17) is 9.47 Å². The molecule has 0 aliphatic carbocycles. The van der Waals surface area contributed by atoms with E-state index in [2.05, 4.69) is 24.8 Å². The van der Waals surface area contributed by atoms with Crippen LogP contribution in [0.15, 0.2) is 6.07 Å². The first-order chi connectivity index (χ1) is 12.0. The number of hydrogen-bond donors (Lipinski definition) is 1. The second-order valence-electron chi connectivity index (χ2n) is 8.15. The molecule has 0 saturated carbocycles.